The van der Waals surface area contributed by atoms with Gasteiger partial charge in [0.1, 0.15) is 0 Å². The van der Waals surface area contributed by atoms with Crippen molar-refractivity contribution < 1.29 is 0 Å². The lowest BCUT2D eigenvalue weighted by Crippen LogP contribution is -2.30. The van der Waals surface area contributed by atoms with Crippen LogP contribution in [-0.2, 0) is 5.75 Å². The first-order chi connectivity index (χ1) is 7.81. The molecule has 1 aliphatic rings. The summed E-state index contributed by atoms with van der Waals surface area (Å²) in [5.41, 5.74) is 1.26. The van der Waals surface area contributed by atoms with Crippen LogP contribution in [0.25, 0.3) is 0 Å². The van der Waals surface area contributed by atoms with Crippen molar-refractivity contribution >= 4 is 23.4 Å². The van der Waals surface area contributed by atoms with E-state index in [0.29, 0.717) is 6.04 Å². The standard InChI is InChI=1S/C13H18ClNS/c1-15-12-7-4-8-13(12)16-9-10-5-2-3-6-11(10)14/h2-3,5-6,12-13,15H,4,7-9H2,1H3. The molecule has 0 bridgehead atoms. The molecule has 16 heavy (non-hydrogen) atoms. The lowest BCUT2D eigenvalue weighted by molar-refractivity contribution is 0.591. The van der Waals surface area contributed by atoms with Gasteiger partial charge in [-0.1, -0.05) is 36.2 Å². The monoisotopic (exact) mass is 255 g/mol. The minimum Gasteiger partial charge on any atom is -0.316 e. The average Bonchev–Trinajstić information content (AvgIpc) is 2.75. The van der Waals surface area contributed by atoms with Crippen molar-refractivity contribution in [1.82, 2.24) is 5.32 Å². The Morgan fingerprint density at radius 2 is 2.19 bits per heavy atom. The van der Waals surface area contributed by atoms with E-state index < -0.39 is 0 Å². The van der Waals surface area contributed by atoms with Crippen LogP contribution in [0.1, 0.15) is 24.8 Å². The number of rotatable bonds is 4. The highest BCUT2D eigenvalue weighted by Crippen LogP contribution is 2.33. The van der Waals surface area contributed by atoms with Crippen LogP contribution in [-0.4, -0.2) is 18.3 Å². The molecule has 2 unspecified atom stereocenters. The zero-order valence-corrected chi connectivity index (χ0v) is 11.2. The van der Waals surface area contributed by atoms with Crippen molar-refractivity contribution in [2.75, 3.05) is 7.05 Å². The molecule has 1 fully saturated rings. The first-order valence-corrected chi connectivity index (χ1v) is 7.26. The molecule has 1 saturated carbocycles. The minimum atomic E-state index is 0.687. The van der Waals surface area contributed by atoms with Crippen LogP contribution in [0, 0.1) is 0 Å². The molecule has 0 amide bonds. The second-order valence-corrected chi connectivity index (χ2v) is 5.90. The highest BCUT2D eigenvalue weighted by molar-refractivity contribution is 7.99. The Morgan fingerprint density at radius 3 is 2.94 bits per heavy atom. The van der Waals surface area contributed by atoms with Gasteiger partial charge in [0.15, 0.2) is 0 Å². The van der Waals surface area contributed by atoms with Crippen LogP contribution in [0.2, 0.25) is 5.02 Å². The van der Waals surface area contributed by atoms with Crippen molar-refractivity contribution in [3.8, 4) is 0 Å². The maximum atomic E-state index is 6.15. The van der Waals surface area contributed by atoms with Crippen LogP contribution in [0.3, 0.4) is 0 Å². The number of benzene rings is 1. The minimum absolute atomic E-state index is 0.687. The Kier molecular flexibility index (Phi) is 4.56. The third-order valence-corrected chi connectivity index (χ3v) is 5.07. The first-order valence-electron chi connectivity index (χ1n) is 5.83. The van der Waals surface area contributed by atoms with Crippen molar-refractivity contribution in [2.24, 2.45) is 0 Å². The summed E-state index contributed by atoms with van der Waals surface area (Å²) in [7, 11) is 2.07. The third kappa shape index (κ3) is 2.93. The molecule has 1 aromatic rings. The van der Waals surface area contributed by atoms with Gasteiger partial charge in [0.25, 0.3) is 0 Å². The zero-order valence-electron chi connectivity index (χ0n) is 9.58. The molecule has 1 aliphatic carbocycles. The van der Waals surface area contributed by atoms with Crippen LogP contribution >= 0.6 is 23.4 Å². The first kappa shape index (κ1) is 12.3. The van der Waals surface area contributed by atoms with E-state index in [1.54, 1.807) is 0 Å². The van der Waals surface area contributed by atoms with E-state index in [1.807, 2.05) is 23.9 Å². The molecular weight excluding hydrogens is 238 g/mol. The Morgan fingerprint density at radius 1 is 1.38 bits per heavy atom. The topological polar surface area (TPSA) is 12.0 Å². The normalized spacial score (nSPS) is 24.9. The molecule has 0 aliphatic heterocycles. The maximum Gasteiger partial charge on any atom is 0.0446 e. The predicted molar refractivity (Wildman–Crippen MR) is 73.2 cm³/mol. The van der Waals surface area contributed by atoms with E-state index >= 15 is 0 Å². The van der Waals surface area contributed by atoms with Gasteiger partial charge in [-0.15, -0.1) is 0 Å². The quantitative estimate of drug-likeness (QED) is 0.880. The van der Waals surface area contributed by atoms with Crippen molar-refractivity contribution in [2.45, 2.75) is 36.3 Å². The number of thioether (sulfide) groups is 1. The number of hydrogen-bond donors (Lipinski definition) is 1. The van der Waals surface area contributed by atoms with Gasteiger partial charge in [0.2, 0.25) is 0 Å². The molecule has 0 saturated heterocycles. The Hall–Kier alpha value is -0.180. The highest BCUT2D eigenvalue weighted by atomic mass is 35.5. The fourth-order valence-electron chi connectivity index (χ4n) is 2.27. The summed E-state index contributed by atoms with van der Waals surface area (Å²) < 4.78 is 0. The summed E-state index contributed by atoms with van der Waals surface area (Å²) in [5.74, 6) is 1.03. The molecule has 2 rings (SSSR count). The summed E-state index contributed by atoms with van der Waals surface area (Å²) in [6.45, 7) is 0. The number of halogens is 1. The predicted octanol–water partition coefficient (Wildman–Crippen LogP) is 3.71. The van der Waals surface area contributed by atoms with Crippen LogP contribution in [0.5, 0.6) is 0 Å². The van der Waals surface area contributed by atoms with E-state index in [1.165, 1.54) is 24.8 Å². The average molecular weight is 256 g/mol. The van der Waals surface area contributed by atoms with E-state index in [0.717, 1.165) is 16.0 Å². The second kappa shape index (κ2) is 5.95. The van der Waals surface area contributed by atoms with Gasteiger partial charge in [-0.05, 0) is 31.5 Å². The second-order valence-electron chi connectivity index (χ2n) is 4.27. The SMILES string of the molecule is CNC1CCCC1SCc1ccccc1Cl. The molecule has 3 heteroatoms. The Labute approximate surface area is 107 Å². The Bertz CT molecular complexity index is 342. The summed E-state index contributed by atoms with van der Waals surface area (Å²) in [6, 6.07) is 8.84. The largest absolute Gasteiger partial charge is 0.316 e. The summed E-state index contributed by atoms with van der Waals surface area (Å²) in [6.07, 6.45) is 4.00. The Balaban J connectivity index is 1.90. The molecule has 1 aromatic carbocycles. The molecule has 1 N–H and O–H groups in total. The zero-order chi connectivity index (χ0) is 11.4. The molecule has 0 radical (unpaired) electrons. The van der Waals surface area contributed by atoms with Crippen molar-refractivity contribution in [3.63, 3.8) is 0 Å². The lowest BCUT2D eigenvalue weighted by Gasteiger charge is -2.18. The van der Waals surface area contributed by atoms with Crippen LogP contribution < -0.4 is 5.32 Å². The van der Waals surface area contributed by atoms with E-state index in [-0.39, 0.29) is 0 Å². The molecule has 1 nitrogen and oxygen atoms in total. The van der Waals surface area contributed by atoms with Gasteiger partial charge in [0, 0.05) is 22.1 Å². The summed E-state index contributed by atoms with van der Waals surface area (Å²) >= 11 is 8.19. The third-order valence-electron chi connectivity index (χ3n) is 3.23. The number of nitrogens with one attached hydrogen (secondary N) is 1. The van der Waals surface area contributed by atoms with Crippen LogP contribution in [0.4, 0.5) is 0 Å². The fraction of sp³-hybridized carbons (Fsp3) is 0.538. The molecule has 2 atom stereocenters. The molecule has 0 spiro atoms. The maximum absolute atomic E-state index is 6.15. The summed E-state index contributed by atoms with van der Waals surface area (Å²) in [5, 5.41) is 5.06. The van der Waals surface area contributed by atoms with E-state index in [4.69, 9.17) is 11.6 Å². The van der Waals surface area contributed by atoms with Gasteiger partial charge >= 0.3 is 0 Å². The molecule has 0 aromatic heterocycles. The number of hydrogen-bond acceptors (Lipinski definition) is 2. The van der Waals surface area contributed by atoms with Gasteiger partial charge in [0.05, 0.1) is 0 Å². The lowest BCUT2D eigenvalue weighted by atomic mass is 10.2. The smallest absolute Gasteiger partial charge is 0.0446 e. The fourth-order valence-corrected chi connectivity index (χ4v) is 4.03. The van der Waals surface area contributed by atoms with Crippen molar-refractivity contribution in [1.29, 1.82) is 0 Å². The van der Waals surface area contributed by atoms with Gasteiger partial charge in [-0.3, -0.25) is 0 Å². The van der Waals surface area contributed by atoms with Gasteiger partial charge < -0.3 is 5.32 Å². The van der Waals surface area contributed by atoms with Gasteiger partial charge in [-0.2, -0.15) is 11.8 Å². The molecular formula is C13H18ClNS. The van der Waals surface area contributed by atoms with Crippen LogP contribution in [0.15, 0.2) is 24.3 Å². The van der Waals surface area contributed by atoms with E-state index in [9.17, 15) is 0 Å². The highest BCUT2D eigenvalue weighted by Gasteiger charge is 2.25. The van der Waals surface area contributed by atoms with Crippen molar-refractivity contribution in [3.05, 3.63) is 34.9 Å². The van der Waals surface area contributed by atoms with E-state index in [2.05, 4.69) is 24.5 Å². The molecule has 88 valence electrons. The summed E-state index contributed by atoms with van der Waals surface area (Å²) in [4.78, 5) is 0. The van der Waals surface area contributed by atoms with Gasteiger partial charge in [-0.25, -0.2) is 0 Å². The molecule has 0 heterocycles.